The SMILES string of the molecule is COc1ccc2c(=O)c(-c3ccc(OCC(F)(F)F)nc3)c[nH]c2c1. The van der Waals surface area contributed by atoms with Gasteiger partial charge in [-0.3, -0.25) is 4.79 Å². The normalized spacial score (nSPS) is 11.5. The molecular weight excluding hydrogens is 337 g/mol. The molecule has 0 spiro atoms. The number of hydrogen-bond donors (Lipinski definition) is 1. The van der Waals surface area contributed by atoms with E-state index >= 15 is 0 Å². The summed E-state index contributed by atoms with van der Waals surface area (Å²) < 4.78 is 46.1. The van der Waals surface area contributed by atoms with E-state index in [4.69, 9.17) is 4.74 Å². The summed E-state index contributed by atoms with van der Waals surface area (Å²) in [6.07, 6.45) is -1.61. The third-order valence-electron chi connectivity index (χ3n) is 3.52. The standard InChI is InChI=1S/C17H13F3N2O3/c1-24-11-3-4-12-14(6-11)21-8-13(16(12)23)10-2-5-15(22-7-10)25-9-17(18,19)20/h2-8H,9H2,1H3,(H,21,23). The van der Waals surface area contributed by atoms with Crippen LogP contribution in [0, 0.1) is 0 Å². The predicted molar refractivity (Wildman–Crippen MR) is 85.9 cm³/mol. The first-order valence-corrected chi connectivity index (χ1v) is 7.23. The van der Waals surface area contributed by atoms with Gasteiger partial charge in [-0.25, -0.2) is 4.98 Å². The van der Waals surface area contributed by atoms with Gasteiger partial charge in [0.15, 0.2) is 12.0 Å². The van der Waals surface area contributed by atoms with E-state index in [2.05, 4.69) is 14.7 Å². The highest BCUT2D eigenvalue weighted by Gasteiger charge is 2.28. The Kier molecular flexibility index (Phi) is 4.35. The average molecular weight is 350 g/mol. The third-order valence-corrected chi connectivity index (χ3v) is 3.52. The summed E-state index contributed by atoms with van der Waals surface area (Å²) >= 11 is 0. The smallest absolute Gasteiger partial charge is 0.422 e. The molecule has 0 atom stereocenters. The second-order valence-corrected chi connectivity index (χ2v) is 5.23. The van der Waals surface area contributed by atoms with Crippen molar-refractivity contribution in [3.63, 3.8) is 0 Å². The van der Waals surface area contributed by atoms with Gasteiger partial charge in [-0.2, -0.15) is 13.2 Å². The third kappa shape index (κ3) is 3.73. The Labute approximate surface area is 140 Å². The van der Waals surface area contributed by atoms with Crippen LogP contribution in [0.4, 0.5) is 13.2 Å². The molecule has 1 aromatic carbocycles. The van der Waals surface area contributed by atoms with Gasteiger partial charge in [0.1, 0.15) is 5.75 Å². The lowest BCUT2D eigenvalue weighted by molar-refractivity contribution is -0.154. The van der Waals surface area contributed by atoms with Crippen molar-refractivity contribution in [2.75, 3.05) is 13.7 Å². The van der Waals surface area contributed by atoms with Crippen molar-refractivity contribution in [3.05, 3.63) is 52.9 Å². The van der Waals surface area contributed by atoms with Crippen molar-refractivity contribution in [1.82, 2.24) is 9.97 Å². The number of H-pyrrole nitrogens is 1. The van der Waals surface area contributed by atoms with E-state index in [-0.39, 0.29) is 11.3 Å². The molecule has 0 saturated heterocycles. The van der Waals surface area contributed by atoms with Crippen molar-refractivity contribution in [1.29, 1.82) is 0 Å². The average Bonchev–Trinajstić information content (AvgIpc) is 2.60. The van der Waals surface area contributed by atoms with Crippen molar-refractivity contribution in [2.45, 2.75) is 6.18 Å². The van der Waals surface area contributed by atoms with Gasteiger partial charge >= 0.3 is 6.18 Å². The van der Waals surface area contributed by atoms with Gasteiger partial charge in [-0.1, -0.05) is 0 Å². The number of alkyl halides is 3. The Morgan fingerprint density at radius 3 is 2.64 bits per heavy atom. The number of aromatic amines is 1. The number of hydrogen-bond acceptors (Lipinski definition) is 4. The number of ether oxygens (including phenoxy) is 2. The summed E-state index contributed by atoms with van der Waals surface area (Å²) in [7, 11) is 1.53. The Hall–Kier alpha value is -3.03. The van der Waals surface area contributed by atoms with Crippen LogP contribution in [0.3, 0.4) is 0 Å². The highest BCUT2D eigenvalue weighted by Crippen LogP contribution is 2.22. The highest BCUT2D eigenvalue weighted by atomic mass is 19.4. The molecule has 2 heterocycles. The van der Waals surface area contributed by atoms with Gasteiger partial charge in [0.25, 0.3) is 0 Å². The Morgan fingerprint density at radius 2 is 2.00 bits per heavy atom. The lowest BCUT2D eigenvalue weighted by Gasteiger charge is -2.09. The van der Waals surface area contributed by atoms with Gasteiger partial charge in [-0.15, -0.1) is 0 Å². The molecular formula is C17H13F3N2O3. The zero-order valence-electron chi connectivity index (χ0n) is 13.1. The molecule has 3 rings (SSSR count). The van der Waals surface area contributed by atoms with Gasteiger partial charge in [-0.05, 0) is 18.2 Å². The van der Waals surface area contributed by atoms with Gasteiger partial charge in [0, 0.05) is 41.0 Å². The van der Waals surface area contributed by atoms with Gasteiger partial charge in [0.05, 0.1) is 12.6 Å². The Balaban J connectivity index is 1.91. The van der Waals surface area contributed by atoms with E-state index < -0.39 is 12.8 Å². The number of rotatable bonds is 4. The van der Waals surface area contributed by atoms with Crippen LogP contribution in [0.15, 0.2) is 47.5 Å². The van der Waals surface area contributed by atoms with Crippen LogP contribution in [-0.2, 0) is 0 Å². The first kappa shape index (κ1) is 16.8. The Morgan fingerprint density at radius 1 is 1.20 bits per heavy atom. The molecule has 0 aliphatic heterocycles. The second kappa shape index (κ2) is 6.46. The number of benzene rings is 1. The van der Waals surface area contributed by atoms with E-state index in [0.717, 1.165) is 0 Å². The lowest BCUT2D eigenvalue weighted by atomic mass is 10.1. The molecule has 0 amide bonds. The fourth-order valence-corrected chi connectivity index (χ4v) is 2.32. The molecule has 0 saturated carbocycles. The maximum Gasteiger partial charge on any atom is 0.422 e. The summed E-state index contributed by atoms with van der Waals surface area (Å²) in [4.78, 5) is 19.4. The van der Waals surface area contributed by atoms with Crippen LogP contribution in [-0.4, -0.2) is 29.9 Å². The molecule has 25 heavy (non-hydrogen) atoms. The molecule has 0 bridgehead atoms. The minimum Gasteiger partial charge on any atom is -0.497 e. The van der Waals surface area contributed by atoms with Crippen LogP contribution in [0.25, 0.3) is 22.0 Å². The first-order valence-electron chi connectivity index (χ1n) is 7.23. The summed E-state index contributed by atoms with van der Waals surface area (Å²) in [6.45, 7) is -1.42. The van der Waals surface area contributed by atoms with Crippen molar-refractivity contribution in [3.8, 4) is 22.8 Å². The fraction of sp³-hybridized carbons (Fsp3) is 0.176. The zero-order valence-corrected chi connectivity index (χ0v) is 13.1. The van der Waals surface area contributed by atoms with E-state index in [1.807, 2.05) is 0 Å². The number of nitrogens with zero attached hydrogens (tertiary/aromatic N) is 1. The number of fused-ring (bicyclic) bond motifs is 1. The molecule has 5 nitrogen and oxygen atoms in total. The maximum atomic E-state index is 12.6. The number of methoxy groups -OCH3 is 1. The Bertz CT molecular complexity index is 950. The molecule has 3 aromatic rings. The van der Waals surface area contributed by atoms with E-state index in [1.54, 1.807) is 18.2 Å². The van der Waals surface area contributed by atoms with Crippen molar-refractivity contribution < 1.29 is 22.6 Å². The lowest BCUT2D eigenvalue weighted by Crippen LogP contribution is -2.19. The van der Waals surface area contributed by atoms with E-state index in [0.29, 0.717) is 27.8 Å². The molecule has 0 radical (unpaired) electrons. The predicted octanol–water partition coefficient (Wildman–Crippen LogP) is 3.54. The fourth-order valence-electron chi connectivity index (χ4n) is 2.32. The van der Waals surface area contributed by atoms with Crippen LogP contribution in [0.2, 0.25) is 0 Å². The highest BCUT2D eigenvalue weighted by molar-refractivity contribution is 5.84. The van der Waals surface area contributed by atoms with Crippen LogP contribution in [0.5, 0.6) is 11.6 Å². The maximum absolute atomic E-state index is 12.6. The van der Waals surface area contributed by atoms with Crippen LogP contribution in [0.1, 0.15) is 0 Å². The number of aromatic nitrogens is 2. The molecule has 2 aromatic heterocycles. The molecule has 0 aliphatic rings. The van der Waals surface area contributed by atoms with E-state index in [1.165, 1.54) is 31.6 Å². The molecule has 0 fully saturated rings. The molecule has 1 N–H and O–H groups in total. The summed E-state index contributed by atoms with van der Waals surface area (Å²) in [5.74, 6) is 0.451. The minimum absolute atomic E-state index is 0.164. The van der Waals surface area contributed by atoms with E-state index in [9.17, 15) is 18.0 Å². The molecule has 0 unspecified atom stereocenters. The van der Waals surface area contributed by atoms with Gasteiger partial charge < -0.3 is 14.5 Å². The number of nitrogens with one attached hydrogen (secondary N) is 1. The van der Waals surface area contributed by atoms with Crippen molar-refractivity contribution in [2.24, 2.45) is 0 Å². The summed E-state index contributed by atoms with van der Waals surface area (Å²) in [5.41, 5.74) is 1.22. The largest absolute Gasteiger partial charge is 0.497 e. The minimum atomic E-state index is -4.43. The summed E-state index contributed by atoms with van der Waals surface area (Å²) in [5, 5.41) is 0.468. The van der Waals surface area contributed by atoms with Crippen LogP contribution >= 0.6 is 0 Å². The van der Waals surface area contributed by atoms with Crippen molar-refractivity contribution >= 4 is 10.9 Å². The monoisotopic (exact) mass is 350 g/mol. The zero-order chi connectivity index (χ0) is 18.0. The quantitative estimate of drug-likeness (QED) is 0.782. The molecule has 0 aliphatic carbocycles. The van der Waals surface area contributed by atoms with Gasteiger partial charge in [0.2, 0.25) is 5.88 Å². The molecule has 8 heteroatoms. The number of pyridine rings is 2. The topological polar surface area (TPSA) is 64.2 Å². The number of halogens is 3. The second-order valence-electron chi connectivity index (χ2n) is 5.23. The van der Waals surface area contributed by atoms with Crippen LogP contribution < -0.4 is 14.9 Å². The molecule has 130 valence electrons. The summed E-state index contributed by atoms with van der Waals surface area (Å²) in [6, 6.07) is 7.79. The first-order chi connectivity index (χ1) is 11.9.